The molecule has 0 saturated carbocycles. The van der Waals surface area contributed by atoms with Gasteiger partial charge in [-0.25, -0.2) is 0 Å². The van der Waals surface area contributed by atoms with Crippen LogP contribution in [0.25, 0.3) is 0 Å². The van der Waals surface area contributed by atoms with Crippen LogP contribution in [0.1, 0.15) is 15.2 Å². The number of methoxy groups -OCH3 is 1. The molecule has 0 unspecified atom stereocenters. The molecular weight excluding hydrogens is 252 g/mol. The Morgan fingerprint density at radius 3 is 2.83 bits per heavy atom. The Morgan fingerprint density at radius 1 is 1.67 bits per heavy atom. The fourth-order valence-electron chi connectivity index (χ4n) is 1.42. The summed E-state index contributed by atoms with van der Waals surface area (Å²) in [6.45, 7) is 1.16. The zero-order valence-corrected chi connectivity index (χ0v) is 11.4. The molecule has 3 N–H and O–H groups in total. The third-order valence-corrected chi connectivity index (χ3v) is 3.77. The molecule has 6 nitrogen and oxygen atoms in total. The second-order valence-electron chi connectivity index (χ2n) is 3.63. The van der Waals surface area contributed by atoms with Crippen molar-refractivity contribution in [3.05, 3.63) is 10.4 Å². The average molecular weight is 268 g/mol. The highest BCUT2D eigenvalue weighted by molar-refractivity contribution is 7.19. The number of nitrogens with two attached hydrogens (primary N) is 1. The zero-order chi connectivity index (χ0) is 13.7. The summed E-state index contributed by atoms with van der Waals surface area (Å²) in [4.78, 5) is 13.8. The molecule has 7 heteroatoms. The minimum absolute atomic E-state index is 0.237. The average Bonchev–Trinajstić information content (AvgIpc) is 2.72. The molecule has 0 spiro atoms. The third-order valence-electron chi connectivity index (χ3n) is 2.45. The summed E-state index contributed by atoms with van der Waals surface area (Å²) in [7, 11) is 4.97. The molecule has 1 amide bonds. The number of hydrogen-bond donors (Lipinski definition) is 2. The van der Waals surface area contributed by atoms with Crippen molar-refractivity contribution in [2.75, 3.05) is 45.0 Å². The second-order valence-corrected chi connectivity index (χ2v) is 4.63. The maximum Gasteiger partial charge on any atom is 0.263 e. The summed E-state index contributed by atoms with van der Waals surface area (Å²) in [6.07, 6.45) is 0. The minimum Gasteiger partial charge on any atom is -0.396 e. The van der Waals surface area contributed by atoms with Gasteiger partial charge < -0.3 is 20.7 Å². The van der Waals surface area contributed by atoms with Crippen molar-refractivity contribution in [2.45, 2.75) is 0 Å². The topological polar surface area (TPSA) is 91.4 Å². The van der Waals surface area contributed by atoms with Crippen LogP contribution in [-0.4, -0.2) is 40.3 Å². The van der Waals surface area contributed by atoms with E-state index in [9.17, 15) is 4.79 Å². The van der Waals surface area contributed by atoms with Crippen LogP contribution in [0, 0.1) is 11.3 Å². The molecule has 1 heterocycles. The van der Waals surface area contributed by atoms with E-state index in [1.54, 1.807) is 7.11 Å². The number of thiophene rings is 1. The smallest absolute Gasteiger partial charge is 0.263 e. The normalized spacial score (nSPS) is 9.89. The molecule has 0 aliphatic rings. The molecule has 0 aliphatic carbocycles. The van der Waals surface area contributed by atoms with E-state index in [1.807, 2.05) is 18.0 Å². The molecule has 0 saturated heterocycles. The van der Waals surface area contributed by atoms with Gasteiger partial charge in [0, 0.05) is 27.7 Å². The van der Waals surface area contributed by atoms with Crippen LogP contribution < -0.4 is 16.0 Å². The largest absolute Gasteiger partial charge is 0.396 e. The lowest BCUT2D eigenvalue weighted by Gasteiger charge is -2.16. The molecule has 1 aromatic rings. The Labute approximate surface area is 110 Å². The fourth-order valence-corrected chi connectivity index (χ4v) is 2.53. The van der Waals surface area contributed by atoms with Crippen LogP contribution >= 0.6 is 11.3 Å². The van der Waals surface area contributed by atoms with Gasteiger partial charge in [0.2, 0.25) is 0 Å². The molecule has 1 aromatic heterocycles. The lowest BCUT2D eigenvalue weighted by atomic mass is 10.2. The molecule has 0 radical (unpaired) electrons. The zero-order valence-electron chi connectivity index (χ0n) is 10.6. The lowest BCUT2D eigenvalue weighted by Crippen LogP contribution is -2.21. The van der Waals surface area contributed by atoms with E-state index in [0.717, 1.165) is 0 Å². The number of hydrogen-bond acceptors (Lipinski definition) is 6. The summed E-state index contributed by atoms with van der Waals surface area (Å²) in [5.41, 5.74) is 6.41. The van der Waals surface area contributed by atoms with E-state index in [0.29, 0.717) is 28.6 Å². The van der Waals surface area contributed by atoms with E-state index < -0.39 is 0 Å². The van der Waals surface area contributed by atoms with Crippen LogP contribution in [-0.2, 0) is 4.74 Å². The van der Waals surface area contributed by atoms with Crippen LogP contribution in [0.5, 0.6) is 0 Å². The third kappa shape index (κ3) is 2.72. The van der Waals surface area contributed by atoms with Gasteiger partial charge in [-0.2, -0.15) is 5.26 Å². The first-order valence-electron chi connectivity index (χ1n) is 5.31. The van der Waals surface area contributed by atoms with Gasteiger partial charge in [-0.3, -0.25) is 4.79 Å². The Kier molecular flexibility index (Phi) is 4.95. The highest BCUT2D eigenvalue weighted by atomic mass is 32.1. The predicted octanol–water partition coefficient (Wildman–Crippen LogP) is 0.644. The van der Waals surface area contributed by atoms with Gasteiger partial charge in [-0.05, 0) is 0 Å². The number of nitrogen functional groups attached to an aromatic ring is 1. The van der Waals surface area contributed by atoms with Crippen LogP contribution in [0.15, 0.2) is 0 Å². The fraction of sp³-hybridized carbons (Fsp3) is 0.455. The molecule has 98 valence electrons. The number of ether oxygens (including phenoxy) is 1. The van der Waals surface area contributed by atoms with E-state index in [-0.39, 0.29) is 11.6 Å². The standard InChI is InChI=1S/C11H16N4O2S/c1-14-10(16)9-8(13)7(6-12)11(18-9)15(2)4-5-17-3/h4-5,13H2,1-3H3,(H,14,16). The van der Waals surface area contributed by atoms with Crippen molar-refractivity contribution < 1.29 is 9.53 Å². The summed E-state index contributed by atoms with van der Waals surface area (Å²) in [5, 5.41) is 12.3. The molecule has 0 fully saturated rings. The summed E-state index contributed by atoms with van der Waals surface area (Å²) < 4.78 is 4.98. The van der Waals surface area contributed by atoms with E-state index >= 15 is 0 Å². The predicted molar refractivity (Wildman–Crippen MR) is 72.0 cm³/mol. The second kappa shape index (κ2) is 6.23. The van der Waals surface area contributed by atoms with Gasteiger partial charge >= 0.3 is 0 Å². The Bertz CT molecular complexity index is 478. The monoisotopic (exact) mass is 268 g/mol. The number of likely N-dealkylation sites (N-methyl/N-ethyl adjacent to an activating group) is 1. The maximum atomic E-state index is 11.6. The molecule has 0 aliphatic heterocycles. The van der Waals surface area contributed by atoms with Crippen LogP contribution in [0.2, 0.25) is 0 Å². The first-order chi connectivity index (χ1) is 8.56. The van der Waals surface area contributed by atoms with Gasteiger partial charge in [-0.1, -0.05) is 0 Å². The van der Waals surface area contributed by atoms with E-state index in [1.165, 1.54) is 18.4 Å². The number of rotatable bonds is 5. The molecule has 0 bridgehead atoms. The number of anilines is 2. The van der Waals surface area contributed by atoms with Gasteiger partial charge in [0.25, 0.3) is 5.91 Å². The van der Waals surface area contributed by atoms with Crippen molar-refractivity contribution in [2.24, 2.45) is 0 Å². The Balaban J connectivity index is 3.12. The van der Waals surface area contributed by atoms with E-state index in [4.69, 9.17) is 15.7 Å². The quantitative estimate of drug-likeness (QED) is 0.818. The van der Waals surface area contributed by atoms with Gasteiger partial charge in [-0.15, -0.1) is 11.3 Å². The number of nitrogens with one attached hydrogen (secondary N) is 1. The molecule has 0 atom stereocenters. The Morgan fingerprint density at radius 2 is 2.33 bits per heavy atom. The first kappa shape index (κ1) is 14.3. The van der Waals surface area contributed by atoms with Crippen molar-refractivity contribution in [3.8, 4) is 6.07 Å². The molecule has 18 heavy (non-hydrogen) atoms. The van der Waals surface area contributed by atoms with Crippen molar-refractivity contribution in [1.82, 2.24) is 5.32 Å². The van der Waals surface area contributed by atoms with E-state index in [2.05, 4.69) is 5.32 Å². The maximum absolute atomic E-state index is 11.6. The number of nitrogens with zero attached hydrogens (tertiary/aromatic N) is 2. The molecule has 0 aromatic carbocycles. The number of carbonyl (C=O) groups excluding carboxylic acids is 1. The summed E-state index contributed by atoms with van der Waals surface area (Å²) >= 11 is 1.21. The highest BCUT2D eigenvalue weighted by Crippen LogP contribution is 2.37. The first-order valence-corrected chi connectivity index (χ1v) is 6.13. The van der Waals surface area contributed by atoms with Crippen LogP contribution in [0.4, 0.5) is 10.7 Å². The Hall–Kier alpha value is -1.78. The number of carbonyl (C=O) groups is 1. The number of nitriles is 1. The van der Waals surface area contributed by atoms with Gasteiger partial charge in [0.1, 0.15) is 21.5 Å². The van der Waals surface area contributed by atoms with Crippen molar-refractivity contribution >= 4 is 27.9 Å². The summed E-state index contributed by atoms with van der Waals surface area (Å²) in [5.74, 6) is -0.277. The highest BCUT2D eigenvalue weighted by Gasteiger charge is 2.22. The number of amides is 1. The van der Waals surface area contributed by atoms with Gasteiger partial charge in [0.15, 0.2) is 0 Å². The molecular formula is C11H16N4O2S. The van der Waals surface area contributed by atoms with Crippen molar-refractivity contribution in [3.63, 3.8) is 0 Å². The van der Waals surface area contributed by atoms with Gasteiger partial charge in [0.05, 0.1) is 12.3 Å². The van der Waals surface area contributed by atoms with Crippen molar-refractivity contribution in [1.29, 1.82) is 5.26 Å². The summed E-state index contributed by atoms with van der Waals surface area (Å²) in [6, 6.07) is 2.04. The SMILES string of the molecule is CNC(=O)c1sc(N(C)CCOC)c(C#N)c1N. The minimum atomic E-state index is -0.277. The van der Waals surface area contributed by atoms with Crippen LogP contribution in [0.3, 0.4) is 0 Å². The lowest BCUT2D eigenvalue weighted by molar-refractivity contribution is 0.0968. The molecule has 1 rings (SSSR count).